The summed E-state index contributed by atoms with van der Waals surface area (Å²) in [6.45, 7) is 1.82. The van der Waals surface area contributed by atoms with Crippen molar-refractivity contribution in [1.29, 1.82) is 0 Å². The van der Waals surface area contributed by atoms with E-state index >= 15 is 0 Å². The van der Waals surface area contributed by atoms with Crippen molar-refractivity contribution in [2.45, 2.75) is 50.2 Å². The van der Waals surface area contributed by atoms with Crippen molar-refractivity contribution in [3.8, 4) is 0 Å². The molecule has 23 heavy (non-hydrogen) atoms. The van der Waals surface area contributed by atoms with Crippen molar-refractivity contribution in [3.05, 3.63) is 30.4 Å². The van der Waals surface area contributed by atoms with Gasteiger partial charge < -0.3 is 10.0 Å². The second kappa shape index (κ2) is 5.88. The minimum atomic E-state index is -0.753. The predicted octanol–water partition coefficient (Wildman–Crippen LogP) is 1.67. The van der Waals surface area contributed by atoms with Crippen LogP contribution in [0.2, 0.25) is 0 Å². The van der Waals surface area contributed by atoms with Gasteiger partial charge in [-0.2, -0.15) is 0 Å². The van der Waals surface area contributed by atoms with Crippen LogP contribution in [0, 0.1) is 0 Å². The van der Waals surface area contributed by atoms with Crippen LogP contribution < -0.4 is 4.90 Å². The average molecular weight is 314 g/mol. The highest BCUT2D eigenvalue weighted by Crippen LogP contribution is 2.37. The molecule has 122 valence electrons. The lowest BCUT2D eigenvalue weighted by Crippen LogP contribution is -2.35. The zero-order valence-electron chi connectivity index (χ0n) is 13.2. The molecule has 4 rings (SSSR count). The van der Waals surface area contributed by atoms with E-state index in [1.54, 1.807) is 12.4 Å². The van der Waals surface area contributed by atoms with E-state index in [1.807, 2.05) is 16.9 Å². The van der Waals surface area contributed by atoms with E-state index < -0.39 is 5.60 Å². The SMILES string of the molecule is OC1(c2cn(C3CCN(c4ncccn4)CC3)nn2)CCCC1. The Morgan fingerprint density at radius 3 is 2.48 bits per heavy atom. The van der Waals surface area contributed by atoms with Crippen LogP contribution in [0.5, 0.6) is 0 Å². The molecule has 0 bridgehead atoms. The predicted molar refractivity (Wildman–Crippen MR) is 84.9 cm³/mol. The number of rotatable bonds is 3. The zero-order chi connectivity index (χ0) is 15.7. The Kier molecular flexibility index (Phi) is 3.72. The lowest BCUT2D eigenvalue weighted by Gasteiger charge is -2.31. The summed E-state index contributed by atoms with van der Waals surface area (Å²) in [6.07, 6.45) is 11.2. The molecule has 2 aromatic heterocycles. The lowest BCUT2D eigenvalue weighted by molar-refractivity contribution is 0.0398. The van der Waals surface area contributed by atoms with E-state index in [0.29, 0.717) is 6.04 Å². The summed E-state index contributed by atoms with van der Waals surface area (Å²) >= 11 is 0. The van der Waals surface area contributed by atoms with E-state index in [0.717, 1.165) is 63.3 Å². The Balaban J connectivity index is 1.42. The average Bonchev–Trinajstić information content (AvgIpc) is 3.26. The van der Waals surface area contributed by atoms with Crippen LogP contribution in [0.1, 0.15) is 50.3 Å². The Bertz CT molecular complexity index is 644. The standard InChI is InChI=1S/C16H22N6O/c23-16(6-1-2-7-16)14-12-22(20-19-14)13-4-10-21(11-5-13)15-17-8-3-9-18-15/h3,8-9,12-13,23H,1-2,4-7,10-11H2. The quantitative estimate of drug-likeness (QED) is 0.928. The second-order valence-corrected chi connectivity index (χ2v) is 6.59. The van der Waals surface area contributed by atoms with Crippen molar-refractivity contribution >= 4 is 5.95 Å². The Morgan fingerprint density at radius 1 is 1.09 bits per heavy atom. The van der Waals surface area contributed by atoms with Crippen LogP contribution in [-0.4, -0.2) is 43.2 Å². The zero-order valence-corrected chi connectivity index (χ0v) is 13.2. The van der Waals surface area contributed by atoms with E-state index in [1.165, 1.54) is 0 Å². The number of nitrogens with zero attached hydrogens (tertiary/aromatic N) is 6. The van der Waals surface area contributed by atoms with Crippen molar-refractivity contribution in [3.63, 3.8) is 0 Å². The summed E-state index contributed by atoms with van der Waals surface area (Å²) in [5.41, 5.74) is -0.0135. The molecule has 0 unspecified atom stereocenters. The highest BCUT2D eigenvalue weighted by molar-refractivity contribution is 5.29. The van der Waals surface area contributed by atoms with Gasteiger partial charge in [-0.1, -0.05) is 18.1 Å². The van der Waals surface area contributed by atoms with Gasteiger partial charge in [-0.15, -0.1) is 5.10 Å². The fourth-order valence-electron chi connectivity index (χ4n) is 3.67. The molecular formula is C16H22N6O. The van der Waals surface area contributed by atoms with E-state index in [-0.39, 0.29) is 0 Å². The largest absolute Gasteiger partial charge is 0.383 e. The molecule has 0 atom stereocenters. The molecule has 0 radical (unpaired) electrons. The van der Waals surface area contributed by atoms with Gasteiger partial charge in [-0.25, -0.2) is 14.6 Å². The van der Waals surface area contributed by atoms with Crippen molar-refractivity contribution in [2.75, 3.05) is 18.0 Å². The van der Waals surface area contributed by atoms with Gasteiger partial charge in [0.15, 0.2) is 0 Å². The van der Waals surface area contributed by atoms with Gasteiger partial charge in [-0.05, 0) is 31.7 Å². The number of anilines is 1. The Morgan fingerprint density at radius 2 is 1.78 bits per heavy atom. The minimum Gasteiger partial charge on any atom is -0.383 e. The summed E-state index contributed by atoms with van der Waals surface area (Å²) in [6, 6.07) is 2.17. The van der Waals surface area contributed by atoms with Gasteiger partial charge in [0.2, 0.25) is 5.95 Å². The molecule has 2 fully saturated rings. The van der Waals surface area contributed by atoms with Crippen LogP contribution in [-0.2, 0) is 5.60 Å². The topological polar surface area (TPSA) is 80.0 Å². The second-order valence-electron chi connectivity index (χ2n) is 6.59. The van der Waals surface area contributed by atoms with Gasteiger partial charge in [-0.3, -0.25) is 0 Å². The molecule has 2 aliphatic rings. The summed E-state index contributed by atoms with van der Waals surface area (Å²) in [7, 11) is 0. The summed E-state index contributed by atoms with van der Waals surface area (Å²) in [4.78, 5) is 10.8. The van der Waals surface area contributed by atoms with Crippen LogP contribution in [0.25, 0.3) is 0 Å². The summed E-state index contributed by atoms with van der Waals surface area (Å²) < 4.78 is 1.94. The molecule has 7 heteroatoms. The maximum atomic E-state index is 10.6. The highest BCUT2D eigenvalue weighted by Gasteiger charge is 2.36. The Hall–Kier alpha value is -2.02. The third-order valence-electron chi connectivity index (χ3n) is 5.09. The van der Waals surface area contributed by atoms with Crippen LogP contribution in [0.4, 0.5) is 5.95 Å². The van der Waals surface area contributed by atoms with Crippen LogP contribution in [0.3, 0.4) is 0 Å². The molecule has 0 amide bonds. The minimum absolute atomic E-state index is 0.334. The lowest BCUT2D eigenvalue weighted by atomic mass is 9.99. The van der Waals surface area contributed by atoms with Gasteiger partial charge in [0.25, 0.3) is 0 Å². The van der Waals surface area contributed by atoms with Gasteiger partial charge in [0.05, 0.1) is 12.2 Å². The molecule has 1 aliphatic carbocycles. The smallest absolute Gasteiger partial charge is 0.225 e. The normalized spacial score (nSPS) is 21.7. The van der Waals surface area contributed by atoms with Gasteiger partial charge in [0, 0.05) is 25.5 Å². The molecule has 1 saturated heterocycles. The molecular weight excluding hydrogens is 292 g/mol. The van der Waals surface area contributed by atoms with E-state index in [9.17, 15) is 5.11 Å². The number of hydrogen-bond donors (Lipinski definition) is 1. The summed E-state index contributed by atoms with van der Waals surface area (Å²) in [5.74, 6) is 0.797. The van der Waals surface area contributed by atoms with Gasteiger partial charge >= 0.3 is 0 Å². The van der Waals surface area contributed by atoms with Crippen LogP contribution in [0.15, 0.2) is 24.7 Å². The molecule has 0 spiro atoms. The maximum absolute atomic E-state index is 10.6. The molecule has 3 heterocycles. The molecule has 2 aromatic rings. The third-order valence-corrected chi connectivity index (χ3v) is 5.09. The first kappa shape index (κ1) is 14.6. The molecule has 1 N–H and O–H groups in total. The number of hydrogen-bond acceptors (Lipinski definition) is 6. The van der Waals surface area contributed by atoms with Crippen molar-refractivity contribution in [1.82, 2.24) is 25.0 Å². The van der Waals surface area contributed by atoms with Gasteiger partial charge in [0.1, 0.15) is 11.3 Å². The first-order chi connectivity index (χ1) is 11.2. The van der Waals surface area contributed by atoms with Crippen LogP contribution >= 0.6 is 0 Å². The maximum Gasteiger partial charge on any atom is 0.225 e. The van der Waals surface area contributed by atoms with E-state index in [4.69, 9.17) is 0 Å². The molecule has 7 nitrogen and oxygen atoms in total. The molecule has 1 aliphatic heterocycles. The van der Waals surface area contributed by atoms with E-state index in [2.05, 4.69) is 25.2 Å². The fourth-order valence-corrected chi connectivity index (χ4v) is 3.67. The number of piperidine rings is 1. The third kappa shape index (κ3) is 2.81. The van der Waals surface area contributed by atoms with Crippen molar-refractivity contribution < 1.29 is 5.11 Å². The van der Waals surface area contributed by atoms with Crippen molar-refractivity contribution in [2.24, 2.45) is 0 Å². The molecule has 0 aromatic carbocycles. The molecule has 1 saturated carbocycles. The monoisotopic (exact) mass is 314 g/mol. The fraction of sp³-hybridized carbons (Fsp3) is 0.625. The number of aromatic nitrogens is 5. The number of aliphatic hydroxyl groups is 1. The Labute approximate surface area is 135 Å². The highest BCUT2D eigenvalue weighted by atomic mass is 16.3. The summed E-state index contributed by atoms with van der Waals surface area (Å²) in [5, 5.41) is 19.2. The first-order valence-corrected chi connectivity index (χ1v) is 8.41. The first-order valence-electron chi connectivity index (χ1n) is 8.41.